The molecule has 0 bridgehead atoms. The smallest absolute Gasteiger partial charge is 0.345 e. The molecule has 1 N–H and O–H groups in total. The summed E-state index contributed by atoms with van der Waals surface area (Å²) in [7, 11) is 0. The Labute approximate surface area is 104 Å². The Morgan fingerprint density at radius 2 is 2.06 bits per heavy atom. The molecular weight excluding hydrogens is 238 g/mol. The van der Waals surface area contributed by atoms with Crippen LogP contribution in [0.1, 0.15) is 33.2 Å². The Kier molecular flexibility index (Phi) is 4.45. The molecule has 5 heteroatoms. The molecule has 0 aliphatic carbocycles. The van der Waals surface area contributed by atoms with E-state index in [-0.39, 0.29) is 16.8 Å². The van der Waals surface area contributed by atoms with Gasteiger partial charge in [0.2, 0.25) is 0 Å². The van der Waals surface area contributed by atoms with E-state index in [2.05, 4.69) is 6.58 Å². The van der Waals surface area contributed by atoms with Gasteiger partial charge in [0.1, 0.15) is 4.88 Å². The van der Waals surface area contributed by atoms with Crippen molar-refractivity contribution in [1.82, 2.24) is 4.90 Å². The molecule has 0 aliphatic heterocycles. The molecule has 1 amide bonds. The molecule has 0 unspecified atom stereocenters. The minimum atomic E-state index is -1.01. The second-order valence-corrected chi connectivity index (χ2v) is 4.89. The minimum absolute atomic E-state index is 0.0517. The molecule has 0 atom stereocenters. The number of amides is 1. The summed E-state index contributed by atoms with van der Waals surface area (Å²) in [6.07, 6.45) is 1.66. The molecule has 0 saturated carbocycles. The molecule has 0 aromatic carbocycles. The van der Waals surface area contributed by atoms with Crippen molar-refractivity contribution >= 4 is 23.2 Å². The lowest BCUT2D eigenvalue weighted by Crippen LogP contribution is -2.36. The van der Waals surface area contributed by atoms with E-state index in [1.807, 2.05) is 13.8 Å². The zero-order valence-corrected chi connectivity index (χ0v) is 10.7. The van der Waals surface area contributed by atoms with Gasteiger partial charge in [-0.25, -0.2) is 4.79 Å². The molecule has 0 fully saturated rings. The number of nitrogens with zero attached hydrogens (tertiary/aromatic N) is 1. The number of carbonyl (C=O) groups is 2. The highest BCUT2D eigenvalue weighted by Gasteiger charge is 2.20. The van der Waals surface area contributed by atoms with Crippen molar-refractivity contribution in [2.75, 3.05) is 6.54 Å². The minimum Gasteiger partial charge on any atom is -0.477 e. The van der Waals surface area contributed by atoms with Crippen LogP contribution in [0.3, 0.4) is 0 Å². The summed E-state index contributed by atoms with van der Waals surface area (Å²) in [6, 6.07) is 3.05. The first-order valence-electron chi connectivity index (χ1n) is 5.22. The molecule has 0 saturated heterocycles. The Morgan fingerprint density at radius 3 is 2.47 bits per heavy atom. The van der Waals surface area contributed by atoms with E-state index in [4.69, 9.17) is 5.11 Å². The highest BCUT2D eigenvalue weighted by atomic mass is 32.1. The van der Waals surface area contributed by atoms with Gasteiger partial charge in [0.15, 0.2) is 0 Å². The van der Waals surface area contributed by atoms with Gasteiger partial charge in [-0.05, 0) is 26.0 Å². The Hall–Kier alpha value is -1.62. The molecule has 1 aromatic rings. The predicted molar refractivity (Wildman–Crippen MR) is 67.6 cm³/mol. The van der Waals surface area contributed by atoms with Gasteiger partial charge in [-0.2, -0.15) is 0 Å². The summed E-state index contributed by atoms with van der Waals surface area (Å²) in [5, 5.41) is 8.80. The van der Waals surface area contributed by atoms with E-state index >= 15 is 0 Å². The van der Waals surface area contributed by atoms with Gasteiger partial charge >= 0.3 is 5.97 Å². The highest BCUT2D eigenvalue weighted by molar-refractivity contribution is 7.15. The van der Waals surface area contributed by atoms with Crippen LogP contribution in [0.2, 0.25) is 0 Å². The molecular formula is C12H15NO3S. The fraction of sp³-hybridized carbons (Fsp3) is 0.333. The zero-order chi connectivity index (χ0) is 13.0. The van der Waals surface area contributed by atoms with Crippen molar-refractivity contribution < 1.29 is 14.7 Å². The van der Waals surface area contributed by atoms with Gasteiger partial charge in [0.05, 0.1) is 4.88 Å². The van der Waals surface area contributed by atoms with Crippen LogP contribution in [0.15, 0.2) is 24.8 Å². The number of hydrogen-bond acceptors (Lipinski definition) is 3. The maximum Gasteiger partial charge on any atom is 0.345 e. The molecule has 1 aromatic heterocycles. The number of carbonyl (C=O) groups excluding carboxylic acids is 1. The van der Waals surface area contributed by atoms with E-state index in [9.17, 15) is 9.59 Å². The van der Waals surface area contributed by atoms with Gasteiger partial charge < -0.3 is 10.0 Å². The van der Waals surface area contributed by atoms with Crippen molar-refractivity contribution in [1.29, 1.82) is 0 Å². The monoisotopic (exact) mass is 253 g/mol. The van der Waals surface area contributed by atoms with Crippen molar-refractivity contribution in [2.45, 2.75) is 19.9 Å². The van der Waals surface area contributed by atoms with Crippen molar-refractivity contribution in [3.63, 3.8) is 0 Å². The van der Waals surface area contributed by atoms with E-state index in [0.717, 1.165) is 11.3 Å². The van der Waals surface area contributed by atoms with Crippen LogP contribution < -0.4 is 0 Å². The molecule has 17 heavy (non-hydrogen) atoms. The molecule has 1 rings (SSSR count). The Morgan fingerprint density at radius 1 is 1.47 bits per heavy atom. The SMILES string of the molecule is C=CCN(C(=O)c1ccc(C(=O)O)s1)C(C)C. The van der Waals surface area contributed by atoms with Gasteiger partial charge in [-0.3, -0.25) is 4.79 Å². The average molecular weight is 253 g/mol. The molecule has 0 aliphatic rings. The van der Waals surface area contributed by atoms with Crippen LogP contribution in [0.4, 0.5) is 0 Å². The zero-order valence-electron chi connectivity index (χ0n) is 9.84. The molecule has 0 spiro atoms. The highest BCUT2D eigenvalue weighted by Crippen LogP contribution is 2.19. The van der Waals surface area contributed by atoms with Crippen LogP contribution >= 0.6 is 11.3 Å². The third kappa shape index (κ3) is 3.17. The second-order valence-electron chi connectivity index (χ2n) is 3.81. The molecule has 4 nitrogen and oxygen atoms in total. The largest absolute Gasteiger partial charge is 0.477 e. The lowest BCUT2D eigenvalue weighted by molar-refractivity contribution is 0.0700. The quantitative estimate of drug-likeness (QED) is 0.820. The first-order chi connectivity index (χ1) is 7.97. The molecule has 0 radical (unpaired) electrons. The lowest BCUT2D eigenvalue weighted by atomic mass is 10.3. The number of carboxylic acid groups (broad SMARTS) is 1. The summed E-state index contributed by atoms with van der Waals surface area (Å²) in [5.74, 6) is -1.16. The summed E-state index contributed by atoms with van der Waals surface area (Å²) in [5.41, 5.74) is 0. The number of rotatable bonds is 5. The number of aromatic carboxylic acids is 1. The second kappa shape index (κ2) is 5.63. The third-order valence-electron chi connectivity index (χ3n) is 2.24. The first-order valence-corrected chi connectivity index (χ1v) is 6.04. The topological polar surface area (TPSA) is 57.6 Å². The van der Waals surface area contributed by atoms with Gasteiger partial charge in [0, 0.05) is 12.6 Å². The fourth-order valence-corrected chi connectivity index (χ4v) is 2.18. The van der Waals surface area contributed by atoms with E-state index in [0.29, 0.717) is 11.4 Å². The molecule has 92 valence electrons. The van der Waals surface area contributed by atoms with Crippen LogP contribution in [0, 0.1) is 0 Å². The van der Waals surface area contributed by atoms with Gasteiger partial charge in [-0.15, -0.1) is 17.9 Å². The summed E-state index contributed by atoms with van der Waals surface area (Å²) in [6.45, 7) is 7.88. The summed E-state index contributed by atoms with van der Waals surface area (Å²) in [4.78, 5) is 25.1. The molecule has 1 heterocycles. The summed E-state index contributed by atoms with van der Waals surface area (Å²) >= 11 is 0.996. The maximum absolute atomic E-state index is 12.1. The van der Waals surface area contributed by atoms with E-state index < -0.39 is 5.97 Å². The number of thiophene rings is 1. The van der Waals surface area contributed by atoms with Crippen molar-refractivity contribution in [3.05, 3.63) is 34.5 Å². The van der Waals surface area contributed by atoms with Crippen LogP contribution in [-0.2, 0) is 0 Å². The van der Waals surface area contributed by atoms with E-state index in [1.165, 1.54) is 6.07 Å². The van der Waals surface area contributed by atoms with Gasteiger partial charge in [-0.1, -0.05) is 6.08 Å². The maximum atomic E-state index is 12.1. The first kappa shape index (κ1) is 13.4. The van der Waals surface area contributed by atoms with Crippen LogP contribution in [0.25, 0.3) is 0 Å². The van der Waals surface area contributed by atoms with Crippen LogP contribution in [0.5, 0.6) is 0 Å². The number of hydrogen-bond donors (Lipinski definition) is 1. The van der Waals surface area contributed by atoms with E-state index in [1.54, 1.807) is 17.0 Å². The third-order valence-corrected chi connectivity index (χ3v) is 3.30. The predicted octanol–water partition coefficient (Wildman–Crippen LogP) is 2.48. The van der Waals surface area contributed by atoms with Crippen molar-refractivity contribution in [3.8, 4) is 0 Å². The number of carboxylic acids is 1. The summed E-state index contributed by atoms with van der Waals surface area (Å²) < 4.78 is 0. The Balaban J connectivity index is 2.92. The standard InChI is InChI=1S/C12H15NO3S/c1-4-7-13(8(2)3)11(14)9-5-6-10(17-9)12(15)16/h4-6,8H,1,7H2,2-3H3,(H,15,16). The van der Waals surface area contributed by atoms with Gasteiger partial charge in [0.25, 0.3) is 5.91 Å². The average Bonchev–Trinajstić information content (AvgIpc) is 2.73. The fourth-order valence-electron chi connectivity index (χ4n) is 1.38. The van der Waals surface area contributed by atoms with Crippen molar-refractivity contribution in [2.24, 2.45) is 0 Å². The normalized spacial score (nSPS) is 10.3. The lowest BCUT2D eigenvalue weighted by Gasteiger charge is -2.24. The van der Waals surface area contributed by atoms with Crippen LogP contribution in [-0.4, -0.2) is 34.5 Å². The Bertz CT molecular complexity index is 437.